The van der Waals surface area contributed by atoms with E-state index in [1.54, 1.807) is 13.0 Å². The molecule has 2 aromatic rings. The molecule has 0 spiro atoms. The molecule has 0 heterocycles. The monoisotopic (exact) mass is 421 g/mol. The molecule has 0 bridgehead atoms. The highest BCUT2D eigenvalue weighted by molar-refractivity contribution is 7.89. The van der Waals surface area contributed by atoms with Crippen LogP contribution in [0.4, 0.5) is 4.39 Å². The van der Waals surface area contributed by atoms with E-state index >= 15 is 0 Å². The van der Waals surface area contributed by atoms with Gasteiger partial charge in [0.15, 0.2) is 6.10 Å². The number of ketones is 1. The third kappa shape index (κ3) is 5.27. The van der Waals surface area contributed by atoms with E-state index in [4.69, 9.17) is 4.74 Å². The van der Waals surface area contributed by atoms with Crippen LogP contribution in [-0.4, -0.2) is 44.2 Å². The average molecular weight is 421 g/mol. The van der Waals surface area contributed by atoms with E-state index in [0.29, 0.717) is 5.56 Å². The summed E-state index contributed by atoms with van der Waals surface area (Å²) in [6.45, 7) is 6.50. The van der Waals surface area contributed by atoms with Crippen LogP contribution >= 0.6 is 0 Å². The van der Waals surface area contributed by atoms with Gasteiger partial charge in [0.25, 0.3) is 0 Å². The lowest BCUT2D eigenvalue weighted by Crippen LogP contribution is -2.35. The zero-order chi connectivity index (χ0) is 21.9. The fourth-order valence-corrected chi connectivity index (χ4v) is 3.90. The Morgan fingerprint density at radius 1 is 1.03 bits per heavy atom. The quantitative estimate of drug-likeness (QED) is 0.507. The Labute approximate surface area is 170 Å². The molecule has 1 atom stereocenters. The number of carbonyl (C=O) groups excluding carboxylic acids is 2. The van der Waals surface area contributed by atoms with Crippen LogP contribution in [0.25, 0.3) is 0 Å². The lowest BCUT2D eigenvalue weighted by atomic mass is 9.96. The number of halogens is 1. The first-order chi connectivity index (χ1) is 13.4. The summed E-state index contributed by atoms with van der Waals surface area (Å²) >= 11 is 0. The minimum atomic E-state index is -4.00. The Bertz CT molecular complexity index is 1030. The van der Waals surface area contributed by atoms with Crippen molar-refractivity contribution in [3.05, 3.63) is 64.5 Å². The van der Waals surface area contributed by atoms with Gasteiger partial charge in [-0.2, -0.15) is 4.31 Å². The van der Waals surface area contributed by atoms with Crippen molar-refractivity contribution in [2.75, 3.05) is 13.6 Å². The van der Waals surface area contributed by atoms with Crippen molar-refractivity contribution in [1.82, 2.24) is 4.31 Å². The largest absolute Gasteiger partial charge is 0.453 e. The molecule has 0 aliphatic carbocycles. The van der Waals surface area contributed by atoms with Crippen molar-refractivity contribution in [1.29, 1.82) is 0 Å². The van der Waals surface area contributed by atoms with Gasteiger partial charge in [-0.25, -0.2) is 12.8 Å². The molecule has 29 heavy (non-hydrogen) atoms. The molecule has 0 saturated carbocycles. The standard InChI is InChI=1S/C21H24FNO5S/c1-13-10-15(3)19(11-14(13)2)21(25)16(4)28-20(24)12-23(5)29(26,27)18-8-6-17(22)7-9-18/h6-11,16H,12H2,1-5H3/t16-/m0/s1. The fraction of sp³-hybridized carbons (Fsp3) is 0.333. The molecule has 2 rings (SSSR count). The number of aryl methyl sites for hydroxylation is 3. The van der Waals surface area contributed by atoms with Crippen LogP contribution in [0.2, 0.25) is 0 Å². The molecule has 0 fully saturated rings. The van der Waals surface area contributed by atoms with Crippen molar-refractivity contribution in [3.63, 3.8) is 0 Å². The number of ether oxygens (including phenoxy) is 1. The Kier molecular flexibility index (Phi) is 6.92. The van der Waals surface area contributed by atoms with Crippen LogP contribution in [0.15, 0.2) is 41.3 Å². The molecular weight excluding hydrogens is 397 g/mol. The maximum Gasteiger partial charge on any atom is 0.322 e. The minimum absolute atomic E-state index is 0.149. The maximum absolute atomic E-state index is 13.0. The lowest BCUT2D eigenvalue weighted by Gasteiger charge is -2.19. The predicted molar refractivity (Wildman–Crippen MR) is 107 cm³/mol. The molecule has 0 radical (unpaired) electrons. The Morgan fingerprint density at radius 2 is 1.59 bits per heavy atom. The summed E-state index contributed by atoms with van der Waals surface area (Å²) in [6, 6.07) is 7.91. The first kappa shape index (κ1) is 22.7. The van der Waals surface area contributed by atoms with Gasteiger partial charge < -0.3 is 4.74 Å². The Hall–Kier alpha value is -2.58. The van der Waals surface area contributed by atoms with Crippen LogP contribution in [0, 0.1) is 26.6 Å². The zero-order valence-corrected chi connectivity index (χ0v) is 17.8. The van der Waals surface area contributed by atoms with Crippen molar-refractivity contribution in [3.8, 4) is 0 Å². The van der Waals surface area contributed by atoms with E-state index in [1.807, 2.05) is 19.9 Å². The van der Waals surface area contributed by atoms with Crippen molar-refractivity contribution in [2.24, 2.45) is 0 Å². The first-order valence-corrected chi connectivity index (χ1v) is 10.4. The average Bonchev–Trinajstić information content (AvgIpc) is 2.64. The highest BCUT2D eigenvalue weighted by Gasteiger charge is 2.26. The predicted octanol–water partition coefficient (Wildman–Crippen LogP) is 3.19. The van der Waals surface area contributed by atoms with Gasteiger partial charge in [-0.3, -0.25) is 9.59 Å². The number of hydrogen-bond acceptors (Lipinski definition) is 5. The molecular formula is C21H24FNO5S. The number of Topliss-reactive ketones (excluding diaryl/α,β-unsaturated/α-hetero) is 1. The van der Waals surface area contributed by atoms with Gasteiger partial charge in [0, 0.05) is 12.6 Å². The second kappa shape index (κ2) is 8.84. The molecule has 156 valence electrons. The maximum atomic E-state index is 13.0. The zero-order valence-electron chi connectivity index (χ0n) is 17.0. The van der Waals surface area contributed by atoms with Crippen LogP contribution in [0.5, 0.6) is 0 Å². The molecule has 0 saturated heterocycles. The van der Waals surface area contributed by atoms with Gasteiger partial charge in [-0.15, -0.1) is 0 Å². The van der Waals surface area contributed by atoms with Gasteiger partial charge in [0.2, 0.25) is 15.8 Å². The summed E-state index contributed by atoms with van der Waals surface area (Å²) in [4.78, 5) is 24.7. The third-order valence-electron chi connectivity index (χ3n) is 4.66. The van der Waals surface area contributed by atoms with Crippen LogP contribution in [-0.2, 0) is 19.6 Å². The van der Waals surface area contributed by atoms with Gasteiger partial charge in [-0.1, -0.05) is 6.07 Å². The topological polar surface area (TPSA) is 80.8 Å². The van der Waals surface area contributed by atoms with Crippen LogP contribution in [0.1, 0.15) is 34.0 Å². The van der Waals surface area contributed by atoms with Crippen molar-refractivity contribution >= 4 is 21.8 Å². The minimum Gasteiger partial charge on any atom is -0.453 e. The summed E-state index contributed by atoms with van der Waals surface area (Å²) < 4.78 is 43.9. The van der Waals surface area contributed by atoms with Gasteiger partial charge >= 0.3 is 5.97 Å². The molecule has 6 nitrogen and oxygen atoms in total. The van der Waals surface area contributed by atoms with E-state index < -0.39 is 34.5 Å². The molecule has 0 unspecified atom stereocenters. The molecule has 0 aliphatic heterocycles. The number of nitrogens with zero attached hydrogens (tertiary/aromatic N) is 1. The Morgan fingerprint density at radius 3 is 2.17 bits per heavy atom. The van der Waals surface area contributed by atoms with Gasteiger partial charge in [0.05, 0.1) is 4.90 Å². The number of esters is 1. The number of benzene rings is 2. The van der Waals surface area contributed by atoms with E-state index in [0.717, 1.165) is 45.3 Å². The van der Waals surface area contributed by atoms with Gasteiger partial charge in [-0.05, 0) is 74.7 Å². The lowest BCUT2D eigenvalue weighted by molar-refractivity contribution is -0.146. The van der Waals surface area contributed by atoms with E-state index in [-0.39, 0.29) is 10.7 Å². The van der Waals surface area contributed by atoms with E-state index in [1.165, 1.54) is 14.0 Å². The third-order valence-corrected chi connectivity index (χ3v) is 6.47. The second-order valence-corrected chi connectivity index (χ2v) is 9.01. The second-order valence-electron chi connectivity index (χ2n) is 6.96. The van der Waals surface area contributed by atoms with E-state index in [9.17, 15) is 22.4 Å². The summed E-state index contributed by atoms with van der Waals surface area (Å²) in [7, 11) is -2.79. The highest BCUT2D eigenvalue weighted by Crippen LogP contribution is 2.19. The van der Waals surface area contributed by atoms with Crippen molar-refractivity contribution < 1.29 is 27.1 Å². The normalized spacial score (nSPS) is 12.7. The molecule has 2 aromatic carbocycles. The first-order valence-electron chi connectivity index (χ1n) is 8.97. The Balaban J connectivity index is 2.07. The molecule has 0 N–H and O–H groups in total. The summed E-state index contributed by atoms with van der Waals surface area (Å²) in [5.41, 5.74) is 3.23. The van der Waals surface area contributed by atoms with Crippen LogP contribution < -0.4 is 0 Å². The van der Waals surface area contributed by atoms with Gasteiger partial charge in [0.1, 0.15) is 12.4 Å². The molecule has 0 amide bonds. The number of likely N-dealkylation sites (N-methyl/N-ethyl adjacent to an activating group) is 1. The SMILES string of the molecule is Cc1cc(C)c(C(=O)[C@H](C)OC(=O)CN(C)S(=O)(=O)c2ccc(F)cc2)cc1C. The van der Waals surface area contributed by atoms with Crippen molar-refractivity contribution in [2.45, 2.75) is 38.7 Å². The number of rotatable bonds is 7. The fourth-order valence-electron chi connectivity index (χ4n) is 2.79. The smallest absolute Gasteiger partial charge is 0.322 e. The summed E-state index contributed by atoms with van der Waals surface area (Å²) in [5, 5.41) is 0. The summed E-state index contributed by atoms with van der Waals surface area (Å²) in [6.07, 6.45) is -1.06. The molecule has 8 heteroatoms. The molecule has 0 aliphatic rings. The van der Waals surface area contributed by atoms with E-state index in [2.05, 4.69) is 0 Å². The summed E-state index contributed by atoms with van der Waals surface area (Å²) in [5.74, 6) is -1.79. The molecule has 0 aromatic heterocycles. The number of carbonyl (C=O) groups is 2. The number of sulfonamides is 1. The highest BCUT2D eigenvalue weighted by atomic mass is 32.2. The van der Waals surface area contributed by atoms with Crippen LogP contribution in [0.3, 0.4) is 0 Å². The number of hydrogen-bond donors (Lipinski definition) is 0.